The van der Waals surface area contributed by atoms with Crippen LogP contribution in [0.4, 0.5) is 17.2 Å². The molecule has 0 atom stereocenters. The summed E-state index contributed by atoms with van der Waals surface area (Å²) in [6.07, 6.45) is 1.45. The smallest absolute Gasteiger partial charge is 0.143 e. The average Bonchev–Trinajstić information content (AvgIpc) is 2.57. The molecule has 0 unspecified atom stereocenters. The molecule has 0 aliphatic heterocycles. The number of hydrogen-bond acceptors (Lipinski definition) is 6. The number of benzene rings is 2. The van der Waals surface area contributed by atoms with Crippen molar-refractivity contribution in [1.82, 2.24) is 9.97 Å². The van der Waals surface area contributed by atoms with Gasteiger partial charge >= 0.3 is 0 Å². The van der Waals surface area contributed by atoms with E-state index in [1.807, 2.05) is 0 Å². The number of anilines is 3. The van der Waals surface area contributed by atoms with Crippen molar-refractivity contribution < 1.29 is 9.47 Å². The summed E-state index contributed by atoms with van der Waals surface area (Å²) in [6, 6.07) is 6.80. The van der Waals surface area contributed by atoms with Gasteiger partial charge in [0.2, 0.25) is 0 Å². The molecule has 0 saturated carbocycles. The zero-order chi connectivity index (χ0) is 17.3. The maximum Gasteiger partial charge on any atom is 0.143 e. The van der Waals surface area contributed by atoms with E-state index in [0.29, 0.717) is 44.3 Å². The van der Waals surface area contributed by atoms with Crippen LogP contribution in [-0.2, 0) is 0 Å². The lowest BCUT2D eigenvalue weighted by Crippen LogP contribution is -1.99. The second-order valence-electron chi connectivity index (χ2n) is 4.93. The van der Waals surface area contributed by atoms with E-state index in [-0.39, 0.29) is 12.4 Å². The highest BCUT2D eigenvalue weighted by atomic mass is 35.5. The van der Waals surface area contributed by atoms with Gasteiger partial charge in [-0.15, -0.1) is 12.4 Å². The van der Waals surface area contributed by atoms with E-state index in [4.69, 9.17) is 38.4 Å². The Morgan fingerprint density at radius 3 is 2.36 bits per heavy atom. The van der Waals surface area contributed by atoms with Crippen LogP contribution in [0.25, 0.3) is 10.9 Å². The fourth-order valence-electron chi connectivity index (χ4n) is 2.29. The van der Waals surface area contributed by atoms with E-state index in [1.165, 1.54) is 13.4 Å². The minimum atomic E-state index is 0. The van der Waals surface area contributed by atoms with Crippen LogP contribution in [-0.4, -0.2) is 24.2 Å². The summed E-state index contributed by atoms with van der Waals surface area (Å²) in [7, 11) is 3.09. The molecule has 0 radical (unpaired) electrons. The third-order valence-electron chi connectivity index (χ3n) is 3.48. The Morgan fingerprint density at radius 2 is 1.68 bits per heavy atom. The SMILES string of the molecule is COc1cc2ncnc(Nc3cc(OC)c(Cl)cc3Cl)c2cc1N.Cl. The standard InChI is InChI=1S/C16H14Cl2N4O2.ClH/c1-23-14-6-13(9(17)4-10(14)18)22-16-8-3-11(19)15(24-2)5-12(8)20-7-21-16;/h3-7H,19H2,1-2H3,(H,20,21,22);1H. The molecule has 3 N–H and O–H groups in total. The quantitative estimate of drug-likeness (QED) is 0.617. The van der Waals surface area contributed by atoms with E-state index in [0.717, 1.165) is 5.39 Å². The van der Waals surface area contributed by atoms with Crippen LogP contribution in [0, 0.1) is 0 Å². The Bertz CT molecular complexity index is 922. The molecule has 3 aromatic rings. The predicted octanol–water partition coefficient (Wildman–Crippen LogP) is 4.70. The number of hydrogen-bond donors (Lipinski definition) is 2. The lowest BCUT2D eigenvalue weighted by atomic mass is 10.2. The van der Waals surface area contributed by atoms with Gasteiger partial charge in [0.25, 0.3) is 0 Å². The van der Waals surface area contributed by atoms with Crippen LogP contribution in [0.3, 0.4) is 0 Å². The molecule has 0 spiro atoms. The fourth-order valence-corrected chi connectivity index (χ4v) is 2.79. The minimum Gasteiger partial charge on any atom is -0.495 e. The molecular weight excluding hydrogens is 387 g/mol. The highest BCUT2D eigenvalue weighted by Gasteiger charge is 2.12. The molecule has 2 aromatic carbocycles. The largest absolute Gasteiger partial charge is 0.495 e. The topological polar surface area (TPSA) is 82.3 Å². The van der Waals surface area contributed by atoms with Gasteiger partial charge in [-0.25, -0.2) is 9.97 Å². The Balaban J connectivity index is 0.00000225. The molecule has 0 aliphatic carbocycles. The molecule has 25 heavy (non-hydrogen) atoms. The van der Waals surface area contributed by atoms with Crippen molar-refractivity contribution in [3.63, 3.8) is 0 Å². The molecule has 3 rings (SSSR count). The Morgan fingerprint density at radius 1 is 0.960 bits per heavy atom. The van der Waals surface area contributed by atoms with Crippen molar-refractivity contribution in [2.45, 2.75) is 0 Å². The summed E-state index contributed by atoms with van der Waals surface area (Å²) >= 11 is 12.3. The third-order valence-corrected chi connectivity index (χ3v) is 4.09. The second-order valence-corrected chi connectivity index (χ2v) is 5.74. The lowest BCUT2D eigenvalue weighted by molar-refractivity contribution is 0.415. The number of nitrogens with zero attached hydrogens (tertiary/aromatic N) is 2. The van der Waals surface area contributed by atoms with Crippen molar-refractivity contribution in [3.05, 3.63) is 40.6 Å². The van der Waals surface area contributed by atoms with Crippen molar-refractivity contribution in [1.29, 1.82) is 0 Å². The molecule has 0 fully saturated rings. The Kier molecular flexibility index (Phi) is 6.00. The van der Waals surface area contributed by atoms with Crippen molar-refractivity contribution in [3.8, 4) is 11.5 Å². The number of rotatable bonds is 4. The van der Waals surface area contributed by atoms with Crippen LogP contribution in [0.15, 0.2) is 30.6 Å². The first-order valence-electron chi connectivity index (χ1n) is 6.91. The van der Waals surface area contributed by atoms with Crippen molar-refractivity contribution in [2.24, 2.45) is 0 Å². The zero-order valence-electron chi connectivity index (χ0n) is 13.3. The predicted molar refractivity (Wildman–Crippen MR) is 104 cm³/mol. The molecule has 0 amide bonds. The van der Waals surface area contributed by atoms with Gasteiger partial charge in [-0.3, -0.25) is 0 Å². The van der Waals surface area contributed by atoms with Crippen LogP contribution in [0.5, 0.6) is 11.5 Å². The lowest BCUT2D eigenvalue weighted by Gasteiger charge is -2.13. The highest BCUT2D eigenvalue weighted by Crippen LogP contribution is 2.37. The maximum absolute atomic E-state index is 6.25. The van der Waals surface area contributed by atoms with Gasteiger partial charge in [-0.05, 0) is 12.1 Å². The van der Waals surface area contributed by atoms with Gasteiger partial charge in [0, 0.05) is 17.5 Å². The number of nitrogen functional groups attached to an aromatic ring is 1. The number of nitrogens with one attached hydrogen (secondary N) is 1. The molecule has 1 aromatic heterocycles. The first-order chi connectivity index (χ1) is 11.5. The van der Waals surface area contributed by atoms with Crippen LogP contribution in [0.2, 0.25) is 10.0 Å². The molecule has 0 bridgehead atoms. The highest BCUT2D eigenvalue weighted by molar-refractivity contribution is 6.37. The number of ether oxygens (including phenoxy) is 2. The van der Waals surface area contributed by atoms with Crippen molar-refractivity contribution in [2.75, 3.05) is 25.3 Å². The number of methoxy groups -OCH3 is 2. The average molecular weight is 402 g/mol. The fraction of sp³-hybridized carbons (Fsp3) is 0.125. The van der Waals surface area contributed by atoms with Gasteiger partial charge in [0.1, 0.15) is 23.6 Å². The van der Waals surface area contributed by atoms with E-state index < -0.39 is 0 Å². The first kappa shape index (κ1) is 19.2. The van der Waals surface area contributed by atoms with E-state index in [1.54, 1.807) is 31.4 Å². The second kappa shape index (κ2) is 7.82. The van der Waals surface area contributed by atoms with Gasteiger partial charge in [-0.2, -0.15) is 0 Å². The number of halogens is 3. The first-order valence-corrected chi connectivity index (χ1v) is 7.67. The van der Waals surface area contributed by atoms with E-state index in [2.05, 4.69) is 15.3 Å². The number of fused-ring (bicyclic) bond motifs is 1. The number of nitrogens with two attached hydrogens (primary N) is 1. The summed E-state index contributed by atoms with van der Waals surface area (Å²) < 4.78 is 10.4. The van der Waals surface area contributed by atoms with Crippen LogP contribution in [0.1, 0.15) is 0 Å². The van der Waals surface area contributed by atoms with E-state index in [9.17, 15) is 0 Å². The molecule has 9 heteroatoms. The van der Waals surface area contributed by atoms with Crippen LogP contribution < -0.4 is 20.5 Å². The monoisotopic (exact) mass is 400 g/mol. The summed E-state index contributed by atoms with van der Waals surface area (Å²) in [6.45, 7) is 0. The Labute approximate surface area is 160 Å². The molecule has 6 nitrogen and oxygen atoms in total. The van der Waals surface area contributed by atoms with E-state index >= 15 is 0 Å². The van der Waals surface area contributed by atoms with Gasteiger partial charge in [0.15, 0.2) is 0 Å². The minimum absolute atomic E-state index is 0. The summed E-state index contributed by atoms with van der Waals surface area (Å²) in [5.74, 6) is 1.61. The molecule has 0 saturated heterocycles. The van der Waals surface area contributed by atoms with Gasteiger partial charge in [-0.1, -0.05) is 23.2 Å². The molecule has 132 valence electrons. The molecule has 0 aliphatic rings. The zero-order valence-corrected chi connectivity index (χ0v) is 15.7. The summed E-state index contributed by atoms with van der Waals surface area (Å²) in [5, 5.41) is 4.77. The summed E-state index contributed by atoms with van der Waals surface area (Å²) in [4.78, 5) is 8.50. The Hall–Kier alpha value is -2.15. The van der Waals surface area contributed by atoms with Gasteiger partial charge < -0.3 is 20.5 Å². The summed E-state index contributed by atoms with van der Waals surface area (Å²) in [5.41, 5.74) is 7.77. The molecular formula is C16H15Cl3N4O2. The third kappa shape index (κ3) is 3.76. The maximum atomic E-state index is 6.25. The van der Waals surface area contributed by atoms with Gasteiger partial charge in [0.05, 0.1) is 41.2 Å². The number of aromatic nitrogens is 2. The molecule has 1 heterocycles. The van der Waals surface area contributed by atoms with Crippen LogP contribution >= 0.6 is 35.6 Å². The van der Waals surface area contributed by atoms with Crippen molar-refractivity contribution >= 4 is 63.7 Å². The normalized spacial score (nSPS) is 10.2.